The van der Waals surface area contributed by atoms with E-state index in [4.69, 9.17) is 9.47 Å². The number of carbonyl (C=O) groups is 3. The van der Waals surface area contributed by atoms with Crippen LogP contribution in [0.2, 0.25) is 0 Å². The Labute approximate surface area is 175 Å². The van der Waals surface area contributed by atoms with E-state index in [0.29, 0.717) is 25.1 Å². The first-order valence-electron chi connectivity index (χ1n) is 9.49. The van der Waals surface area contributed by atoms with Gasteiger partial charge in [-0.1, -0.05) is 12.1 Å². The van der Waals surface area contributed by atoms with Crippen molar-refractivity contribution in [3.8, 4) is 11.5 Å². The van der Waals surface area contributed by atoms with E-state index in [1.54, 1.807) is 31.4 Å². The summed E-state index contributed by atoms with van der Waals surface area (Å²) in [5.41, 5.74) is 1.41. The van der Waals surface area contributed by atoms with Crippen LogP contribution in [0, 0.1) is 0 Å². The van der Waals surface area contributed by atoms with Gasteiger partial charge in [-0.15, -0.1) is 0 Å². The first kappa shape index (κ1) is 22.7. The van der Waals surface area contributed by atoms with Gasteiger partial charge in [-0.2, -0.15) is 0 Å². The molecule has 0 aliphatic rings. The highest BCUT2D eigenvalue weighted by Crippen LogP contribution is 2.17. The molecule has 2 aromatic carbocycles. The number of anilines is 1. The van der Waals surface area contributed by atoms with Gasteiger partial charge in [0, 0.05) is 12.1 Å². The predicted octanol–water partition coefficient (Wildman–Crippen LogP) is 2.32. The summed E-state index contributed by atoms with van der Waals surface area (Å²) in [4.78, 5) is 34.8. The van der Waals surface area contributed by atoms with Gasteiger partial charge in [-0.25, -0.2) is 0 Å². The number of rotatable bonds is 11. The van der Waals surface area contributed by atoms with E-state index in [0.717, 1.165) is 17.1 Å². The Balaban J connectivity index is 1.67. The number of ether oxygens (including phenoxy) is 3. The summed E-state index contributed by atoms with van der Waals surface area (Å²) >= 11 is 0. The maximum Gasteiger partial charge on any atom is 0.325 e. The van der Waals surface area contributed by atoms with Crippen molar-refractivity contribution in [2.24, 2.45) is 0 Å². The summed E-state index contributed by atoms with van der Waals surface area (Å²) in [6.07, 6.45) is 1.04. The molecule has 0 aromatic heterocycles. The fourth-order valence-electron chi connectivity index (χ4n) is 2.51. The lowest BCUT2D eigenvalue weighted by Crippen LogP contribution is -2.31. The van der Waals surface area contributed by atoms with Gasteiger partial charge in [0.2, 0.25) is 11.8 Å². The Morgan fingerprint density at radius 2 is 1.53 bits per heavy atom. The van der Waals surface area contributed by atoms with Crippen molar-refractivity contribution < 1.29 is 28.6 Å². The van der Waals surface area contributed by atoms with Gasteiger partial charge >= 0.3 is 5.97 Å². The van der Waals surface area contributed by atoms with Gasteiger partial charge in [-0.3, -0.25) is 14.4 Å². The van der Waals surface area contributed by atoms with Crippen LogP contribution in [-0.4, -0.2) is 45.2 Å². The number of hydrogen-bond acceptors (Lipinski definition) is 6. The van der Waals surface area contributed by atoms with Crippen molar-refractivity contribution >= 4 is 23.5 Å². The molecule has 0 fully saturated rings. The summed E-state index contributed by atoms with van der Waals surface area (Å²) in [5, 5.41) is 5.28. The van der Waals surface area contributed by atoms with Crippen molar-refractivity contribution in [3.63, 3.8) is 0 Å². The van der Waals surface area contributed by atoms with Crippen molar-refractivity contribution in [1.29, 1.82) is 0 Å². The van der Waals surface area contributed by atoms with Gasteiger partial charge in [0.1, 0.15) is 18.0 Å². The smallest absolute Gasteiger partial charge is 0.325 e. The van der Waals surface area contributed by atoms with Gasteiger partial charge in [0.15, 0.2) is 0 Å². The minimum absolute atomic E-state index is 0.114. The molecule has 0 radical (unpaired) electrons. The number of hydrogen-bond donors (Lipinski definition) is 2. The van der Waals surface area contributed by atoms with Crippen molar-refractivity contribution in [3.05, 3.63) is 54.1 Å². The fourth-order valence-corrected chi connectivity index (χ4v) is 2.51. The molecule has 0 atom stereocenters. The Bertz CT molecular complexity index is 834. The van der Waals surface area contributed by atoms with Crippen LogP contribution in [0.25, 0.3) is 0 Å². The maximum atomic E-state index is 12.1. The minimum atomic E-state index is -0.504. The Kier molecular flexibility index (Phi) is 9.18. The summed E-state index contributed by atoms with van der Waals surface area (Å²) in [6.45, 7) is 0.269. The number of methoxy groups -OCH3 is 2. The van der Waals surface area contributed by atoms with Crippen LogP contribution in [0.15, 0.2) is 48.5 Å². The lowest BCUT2D eigenvalue weighted by Gasteiger charge is -2.08. The van der Waals surface area contributed by atoms with Gasteiger partial charge in [-0.05, 0) is 48.4 Å². The van der Waals surface area contributed by atoms with E-state index >= 15 is 0 Å². The first-order chi connectivity index (χ1) is 14.5. The zero-order chi connectivity index (χ0) is 21.8. The highest BCUT2D eigenvalue weighted by atomic mass is 16.5. The standard InChI is InChI=1S/C22H26N2O6/c1-28-18-9-11-19(12-10-18)30-13-3-4-20(25)24-17-7-5-16(6-8-17)14-21(26)23-15-22(27)29-2/h5-12H,3-4,13-15H2,1-2H3,(H,23,26)(H,24,25). The Morgan fingerprint density at radius 1 is 0.867 bits per heavy atom. The van der Waals surface area contributed by atoms with E-state index < -0.39 is 5.97 Å². The van der Waals surface area contributed by atoms with Crippen LogP contribution in [0.5, 0.6) is 11.5 Å². The molecule has 2 amide bonds. The number of amides is 2. The molecule has 0 saturated heterocycles. The molecular weight excluding hydrogens is 388 g/mol. The average molecular weight is 414 g/mol. The molecule has 0 spiro atoms. The monoisotopic (exact) mass is 414 g/mol. The van der Waals surface area contributed by atoms with E-state index in [-0.39, 0.29) is 24.8 Å². The number of esters is 1. The molecule has 0 aliphatic carbocycles. The van der Waals surface area contributed by atoms with Crippen LogP contribution in [0.4, 0.5) is 5.69 Å². The first-order valence-corrected chi connectivity index (χ1v) is 9.49. The molecular formula is C22H26N2O6. The Hall–Kier alpha value is -3.55. The zero-order valence-corrected chi connectivity index (χ0v) is 17.1. The third kappa shape index (κ3) is 8.22. The molecule has 0 aliphatic heterocycles. The molecule has 2 rings (SSSR count). The molecule has 0 unspecified atom stereocenters. The molecule has 0 heterocycles. The second kappa shape index (κ2) is 12.1. The van der Waals surface area contributed by atoms with E-state index in [1.807, 2.05) is 24.3 Å². The maximum absolute atomic E-state index is 12.1. The molecule has 30 heavy (non-hydrogen) atoms. The number of benzene rings is 2. The zero-order valence-electron chi connectivity index (χ0n) is 17.1. The molecule has 0 bridgehead atoms. The highest BCUT2D eigenvalue weighted by molar-refractivity contribution is 5.90. The molecule has 160 valence electrons. The quantitative estimate of drug-likeness (QED) is 0.432. The normalized spacial score (nSPS) is 10.1. The summed E-state index contributed by atoms with van der Waals surface area (Å²) in [5.74, 6) is 0.582. The lowest BCUT2D eigenvalue weighted by atomic mass is 10.1. The lowest BCUT2D eigenvalue weighted by molar-refractivity contribution is -0.141. The SMILES string of the molecule is COC(=O)CNC(=O)Cc1ccc(NC(=O)CCCOc2ccc(OC)cc2)cc1. The third-order valence-electron chi connectivity index (χ3n) is 4.14. The van der Waals surface area contributed by atoms with E-state index in [9.17, 15) is 14.4 Å². The van der Waals surface area contributed by atoms with Gasteiger partial charge in [0.25, 0.3) is 0 Å². The molecule has 0 saturated carbocycles. The van der Waals surface area contributed by atoms with E-state index in [1.165, 1.54) is 7.11 Å². The van der Waals surface area contributed by atoms with Crippen LogP contribution >= 0.6 is 0 Å². The van der Waals surface area contributed by atoms with Crippen molar-refractivity contribution in [2.75, 3.05) is 32.7 Å². The highest BCUT2D eigenvalue weighted by Gasteiger charge is 2.07. The van der Waals surface area contributed by atoms with Gasteiger partial charge < -0.3 is 24.8 Å². The summed E-state index contributed by atoms with van der Waals surface area (Å²) in [6, 6.07) is 14.2. The number of carbonyl (C=O) groups excluding carboxylic acids is 3. The average Bonchev–Trinajstić information content (AvgIpc) is 2.76. The minimum Gasteiger partial charge on any atom is -0.497 e. The molecule has 8 heteroatoms. The number of nitrogens with one attached hydrogen (secondary N) is 2. The van der Waals surface area contributed by atoms with Crippen LogP contribution in [-0.2, 0) is 25.5 Å². The third-order valence-corrected chi connectivity index (χ3v) is 4.14. The van der Waals surface area contributed by atoms with E-state index in [2.05, 4.69) is 15.4 Å². The second-order valence-corrected chi connectivity index (χ2v) is 6.40. The molecule has 2 N–H and O–H groups in total. The predicted molar refractivity (Wildman–Crippen MR) is 112 cm³/mol. The van der Waals surface area contributed by atoms with Crippen LogP contribution in [0.3, 0.4) is 0 Å². The molecule has 2 aromatic rings. The van der Waals surface area contributed by atoms with Crippen molar-refractivity contribution in [1.82, 2.24) is 5.32 Å². The van der Waals surface area contributed by atoms with Gasteiger partial charge in [0.05, 0.1) is 27.2 Å². The summed E-state index contributed by atoms with van der Waals surface area (Å²) < 4.78 is 15.1. The summed E-state index contributed by atoms with van der Waals surface area (Å²) in [7, 11) is 2.86. The topological polar surface area (TPSA) is 103 Å². The molecule has 8 nitrogen and oxygen atoms in total. The fraction of sp³-hybridized carbons (Fsp3) is 0.318. The Morgan fingerprint density at radius 3 is 2.17 bits per heavy atom. The van der Waals surface area contributed by atoms with Crippen LogP contribution in [0.1, 0.15) is 18.4 Å². The second-order valence-electron chi connectivity index (χ2n) is 6.40. The largest absolute Gasteiger partial charge is 0.497 e. The van der Waals surface area contributed by atoms with Crippen LogP contribution < -0.4 is 20.1 Å². The van der Waals surface area contributed by atoms with Crippen molar-refractivity contribution in [2.45, 2.75) is 19.3 Å².